The van der Waals surface area contributed by atoms with Crippen LogP contribution in [0.2, 0.25) is 0 Å². The van der Waals surface area contributed by atoms with E-state index in [1.54, 1.807) is 12.3 Å². The maximum Gasteiger partial charge on any atom is 0.371 e. The number of fused-ring (bicyclic) bond motifs is 3. The molecule has 2 aromatic heterocycles. The fraction of sp³-hybridized carbons (Fsp3) is 0. The molecule has 0 fully saturated rings. The lowest BCUT2D eigenvalue weighted by atomic mass is 10.2. The predicted molar refractivity (Wildman–Crippen MR) is 63.4 cm³/mol. The standard InChI is InChI=1S/C11H7N3O2.H3N/c15-11(16)10-13-7-4-3-6-2-1-5-12-8(6)9(7)14-10;/h1-5H,(H,13,14)(H,15,16);1H3. The molecule has 0 amide bonds. The Kier molecular flexibility index (Phi) is 2.49. The Morgan fingerprint density at radius 2 is 2.12 bits per heavy atom. The van der Waals surface area contributed by atoms with Crippen molar-refractivity contribution in [3.05, 3.63) is 36.3 Å². The average molecular weight is 230 g/mol. The van der Waals surface area contributed by atoms with Crippen molar-refractivity contribution in [1.82, 2.24) is 21.1 Å². The maximum absolute atomic E-state index is 10.8. The van der Waals surface area contributed by atoms with Gasteiger partial charge in [0.25, 0.3) is 0 Å². The Hall–Kier alpha value is -2.47. The molecule has 0 radical (unpaired) electrons. The molecule has 86 valence electrons. The van der Waals surface area contributed by atoms with Crippen LogP contribution in [-0.4, -0.2) is 26.0 Å². The lowest BCUT2D eigenvalue weighted by Crippen LogP contribution is -1.97. The molecule has 3 aromatic rings. The molecule has 0 atom stereocenters. The van der Waals surface area contributed by atoms with Crippen LogP contribution >= 0.6 is 0 Å². The number of nitrogens with zero attached hydrogens (tertiary/aromatic N) is 2. The number of H-pyrrole nitrogens is 1. The monoisotopic (exact) mass is 230 g/mol. The van der Waals surface area contributed by atoms with E-state index >= 15 is 0 Å². The molecule has 0 bridgehead atoms. The van der Waals surface area contributed by atoms with Gasteiger partial charge in [-0.05, 0) is 12.1 Å². The summed E-state index contributed by atoms with van der Waals surface area (Å²) in [7, 11) is 0. The van der Waals surface area contributed by atoms with E-state index in [0.717, 1.165) is 10.9 Å². The van der Waals surface area contributed by atoms with Crippen LogP contribution in [0.5, 0.6) is 0 Å². The highest BCUT2D eigenvalue weighted by molar-refractivity contribution is 6.03. The van der Waals surface area contributed by atoms with E-state index in [2.05, 4.69) is 15.0 Å². The van der Waals surface area contributed by atoms with Crippen molar-refractivity contribution in [2.45, 2.75) is 0 Å². The molecular formula is C11H10N4O2. The van der Waals surface area contributed by atoms with Crippen molar-refractivity contribution in [3.63, 3.8) is 0 Å². The number of carbonyl (C=O) groups is 1. The number of carboxylic acid groups (broad SMARTS) is 1. The van der Waals surface area contributed by atoms with Crippen molar-refractivity contribution < 1.29 is 9.90 Å². The molecular weight excluding hydrogens is 220 g/mol. The van der Waals surface area contributed by atoms with Crippen molar-refractivity contribution in [2.24, 2.45) is 0 Å². The molecule has 0 aliphatic rings. The van der Waals surface area contributed by atoms with Crippen molar-refractivity contribution >= 4 is 27.9 Å². The van der Waals surface area contributed by atoms with Gasteiger partial charge in [0.1, 0.15) is 0 Å². The van der Waals surface area contributed by atoms with E-state index in [1.807, 2.05) is 18.2 Å². The SMILES string of the molecule is N.O=C(O)c1nc2ccc3cccnc3c2[nH]1. The van der Waals surface area contributed by atoms with Gasteiger partial charge in [-0.1, -0.05) is 12.1 Å². The predicted octanol–water partition coefficient (Wildman–Crippen LogP) is 1.97. The number of hydrogen-bond donors (Lipinski definition) is 3. The van der Waals surface area contributed by atoms with Crippen LogP contribution in [-0.2, 0) is 0 Å². The van der Waals surface area contributed by atoms with E-state index in [4.69, 9.17) is 5.11 Å². The van der Waals surface area contributed by atoms with Crippen LogP contribution in [0.3, 0.4) is 0 Å². The van der Waals surface area contributed by atoms with Gasteiger partial charge in [0, 0.05) is 11.6 Å². The van der Waals surface area contributed by atoms with Gasteiger partial charge in [-0.25, -0.2) is 9.78 Å². The molecule has 0 aliphatic heterocycles. The molecule has 17 heavy (non-hydrogen) atoms. The third-order valence-corrected chi connectivity index (χ3v) is 2.43. The highest BCUT2D eigenvalue weighted by Gasteiger charge is 2.11. The second-order valence-electron chi connectivity index (χ2n) is 3.43. The number of pyridine rings is 1. The van der Waals surface area contributed by atoms with Crippen LogP contribution in [0.25, 0.3) is 21.9 Å². The maximum atomic E-state index is 10.8. The molecule has 5 N–H and O–H groups in total. The molecule has 0 aliphatic carbocycles. The van der Waals surface area contributed by atoms with Gasteiger partial charge >= 0.3 is 5.97 Å². The number of nitrogens with one attached hydrogen (secondary N) is 1. The van der Waals surface area contributed by atoms with E-state index < -0.39 is 5.97 Å². The largest absolute Gasteiger partial charge is 0.475 e. The summed E-state index contributed by atoms with van der Waals surface area (Å²) >= 11 is 0. The number of imidazole rings is 1. The Bertz CT molecular complexity index is 705. The van der Waals surface area contributed by atoms with E-state index in [0.29, 0.717) is 11.0 Å². The fourth-order valence-electron chi connectivity index (χ4n) is 1.72. The highest BCUT2D eigenvalue weighted by atomic mass is 16.4. The second kappa shape index (κ2) is 3.84. The number of hydrogen-bond acceptors (Lipinski definition) is 4. The topological polar surface area (TPSA) is 114 Å². The van der Waals surface area contributed by atoms with Crippen molar-refractivity contribution in [2.75, 3.05) is 0 Å². The summed E-state index contributed by atoms with van der Waals surface area (Å²) in [5.74, 6) is -1.13. The van der Waals surface area contributed by atoms with E-state index in [9.17, 15) is 4.79 Å². The summed E-state index contributed by atoms with van der Waals surface area (Å²) in [5, 5.41) is 9.80. The smallest absolute Gasteiger partial charge is 0.371 e. The lowest BCUT2D eigenvalue weighted by Gasteiger charge is -1.95. The highest BCUT2D eigenvalue weighted by Crippen LogP contribution is 2.21. The molecule has 0 saturated carbocycles. The van der Waals surface area contributed by atoms with Crippen molar-refractivity contribution in [1.29, 1.82) is 0 Å². The second-order valence-corrected chi connectivity index (χ2v) is 3.43. The number of aromatic nitrogens is 3. The average Bonchev–Trinajstić information content (AvgIpc) is 2.73. The third-order valence-electron chi connectivity index (χ3n) is 2.43. The van der Waals surface area contributed by atoms with Gasteiger partial charge in [-0.2, -0.15) is 0 Å². The van der Waals surface area contributed by atoms with Crippen LogP contribution < -0.4 is 6.15 Å². The molecule has 6 heteroatoms. The number of carboxylic acids is 1. The summed E-state index contributed by atoms with van der Waals surface area (Å²) in [6.07, 6.45) is 1.67. The molecule has 0 saturated heterocycles. The Balaban J connectivity index is 0.00000108. The summed E-state index contributed by atoms with van der Waals surface area (Å²) in [4.78, 5) is 21.7. The zero-order valence-corrected chi connectivity index (χ0v) is 8.84. The van der Waals surface area contributed by atoms with Gasteiger partial charge in [-0.15, -0.1) is 0 Å². The van der Waals surface area contributed by atoms with Crippen LogP contribution in [0.15, 0.2) is 30.5 Å². The van der Waals surface area contributed by atoms with Gasteiger partial charge < -0.3 is 16.2 Å². The van der Waals surface area contributed by atoms with Gasteiger partial charge in [0.05, 0.1) is 16.6 Å². The lowest BCUT2D eigenvalue weighted by molar-refractivity contribution is 0.0685. The van der Waals surface area contributed by atoms with E-state index in [1.165, 1.54) is 0 Å². The van der Waals surface area contributed by atoms with Crippen LogP contribution in [0.1, 0.15) is 10.6 Å². The molecule has 6 nitrogen and oxygen atoms in total. The number of aromatic carboxylic acids is 1. The molecule has 3 rings (SSSR count). The third kappa shape index (κ3) is 1.60. The summed E-state index contributed by atoms with van der Waals surface area (Å²) in [6.45, 7) is 0. The number of aromatic amines is 1. The van der Waals surface area contributed by atoms with Gasteiger partial charge in [0.15, 0.2) is 0 Å². The summed E-state index contributed by atoms with van der Waals surface area (Å²) < 4.78 is 0. The first-order valence-corrected chi connectivity index (χ1v) is 4.72. The minimum absolute atomic E-state index is 0. The fourth-order valence-corrected chi connectivity index (χ4v) is 1.72. The minimum Gasteiger partial charge on any atom is -0.475 e. The quantitative estimate of drug-likeness (QED) is 0.591. The van der Waals surface area contributed by atoms with Gasteiger partial charge in [0.2, 0.25) is 5.82 Å². The van der Waals surface area contributed by atoms with Crippen LogP contribution in [0.4, 0.5) is 0 Å². The van der Waals surface area contributed by atoms with Crippen molar-refractivity contribution in [3.8, 4) is 0 Å². The Morgan fingerprint density at radius 1 is 1.29 bits per heavy atom. The van der Waals surface area contributed by atoms with Crippen LogP contribution in [0, 0.1) is 0 Å². The zero-order valence-electron chi connectivity index (χ0n) is 8.84. The van der Waals surface area contributed by atoms with E-state index in [-0.39, 0.29) is 12.0 Å². The number of rotatable bonds is 1. The Labute approximate surface area is 95.9 Å². The first-order chi connectivity index (χ1) is 7.75. The molecule has 1 aromatic carbocycles. The molecule has 2 heterocycles. The summed E-state index contributed by atoms with van der Waals surface area (Å²) in [6, 6.07) is 7.41. The molecule has 0 unspecified atom stereocenters. The molecule has 0 spiro atoms. The Morgan fingerprint density at radius 3 is 2.88 bits per heavy atom. The first-order valence-electron chi connectivity index (χ1n) is 4.72. The zero-order chi connectivity index (χ0) is 11.1. The first kappa shape index (κ1) is 11.0. The minimum atomic E-state index is -1.07. The van der Waals surface area contributed by atoms with Gasteiger partial charge in [-0.3, -0.25) is 4.98 Å². The number of benzene rings is 1. The normalized spacial score (nSPS) is 10.4. The summed E-state index contributed by atoms with van der Waals surface area (Å²) in [5.41, 5.74) is 2.01.